The summed E-state index contributed by atoms with van der Waals surface area (Å²) < 4.78 is 5.09. The van der Waals surface area contributed by atoms with E-state index in [2.05, 4.69) is 5.32 Å². The van der Waals surface area contributed by atoms with Crippen molar-refractivity contribution in [2.24, 2.45) is 11.7 Å². The minimum atomic E-state index is -0.392. The second kappa shape index (κ2) is 6.68. The number of nitrogens with one attached hydrogen (secondary N) is 1. The molecule has 1 rings (SSSR count). The standard InChI is InChI=1S/C15H24N2O2/c1-11(13(16)12-8-6-5-7-9-12)14(18)17-15(2,3)10-19-4/h5-9,11,13H,10,16H2,1-4H3,(H,17,18). The minimum absolute atomic E-state index is 0.0570. The molecule has 3 N–H and O–H groups in total. The summed E-state index contributed by atoms with van der Waals surface area (Å²) in [5.74, 6) is -0.350. The number of benzene rings is 1. The Morgan fingerprint density at radius 1 is 1.37 bits per heavy atom. The molecule has 0 heterocycles. The Bertz CT molecular complexity index is 404. The van der Waals surface area contributed by atoms with Gasteiger partial charge in [0.2, 0.25) is 5.91 Å². The Labute approximate surface area is 115 Å². The molecule has 0 saturated heterocycles. The van der Waals surface area contributed by atoms with Gasteiger partial charge in [0.25, 0.3) is 0 Å². The predicted octanol–water partition coefficient (Wildman–Crippen LogP) is 1.86. The average molecular weight is 264 g/mol. The van der Waals surface area contributed by atoms with Gasteiger partial charge in [-0.3, -0.25) is 4.79 Å². The zero-order valence-corrected chi connectivity index (χ0v) is 12.1. The molecule has 19 heavy (non-hydrogen) atoms. The maximum Gasteiger partial charge on any atom is 0.225 e. The lowest BCUT2D eigenvalue weighted by Gasteiger charge is -2.29. The number of rotatable bonds is 6. The van der Waals surface area contributed by atoms with Crippen LogP contribution in [0.1, 0.15) is 32.4 Å². The number of ether oxygens (including phenoxy) is 1. The van der Waals surface area contributed by atoms with Gasteiger partial charge in [0.1, 0.15) is 0 Å². The largest absolute Gasteiger partial charge is 0.382 e. The van der Waals surface area contributed by atoms with Crippen LogP contribution in [0.3, 0.4) is 0 Å². The number of hydrogen-bond donors (Lipinski definition) is 2. The molecule has 0 saturated carbocycles. The fourth-order valence-corrected chi connectivity index (χ4v) is 1.97. The lowest BCUT2D eigenvalue weighted by Crippen LogP contribution is -2.50. The quantitative estimate of drug-likeness (QED) is 0.824. The highest BCUT2D eigenvalue weighted by molar-refractivity contribution is 5.80. The lowest BCUT2D eigenvalue weighted by molar-refractivity contribution is -0.127. The zero-order chi connectivity index (χ0) is 14.5. The maximum absolute atomic E-state index is 12.2. The van der Waals surface area contributed by atoms with E-state index in [-0.39, 0.29) is 17.9 Å². The third-order valence-electron chi connectivity index (χ3n) is 3.10. The number of hydrogen-bond acceptors (Lipinski definition) is 3. The smallest absolute Gasteiger partial charge is 0.225 e. The van der Waals surface area contributed by atoms with E-state index in [9.17, 15) is 4.79 Å². The Morgan fingerprint density at radius 3 is 2.47 bits per heavy atom. The van der Waals surface area contributed by atoms with Gasteiger partial charge in [-0.1, -0.05) is 37.3 Å². The van der Waals surface area contributed by atoms with Gasteiger partial charge in [-0.25, -0.2) is 0 Å². The molecule has 4 nitrogen and oxygen atoms in total. The second-order valence-electron chi connectivity index (χ2n) is 5.53. The number of nitrogens with two attached hydrogens (primary N) is 1. The number of carbonyl (C=O) groups is 1. The molecule has 1 aromatic carbocycles. The van der Waals surface area contributed by atoms with Crippen LogP contribution in [0.15, 0.2) is 30.3 Å². The van der Waals surface area contributed by atoms with Crippen LogP contribution in [0.25, 0.3) is 0 Å². The van der Waals surface area contributed by atoms with Gasteiger partial charge in [0.05, 0.1) is 18.1 Å². The summed E-state index contributed by atoms with van der Waals surface area (Å²) in [6.07, 6.45) is 0. The fourth-order valence-electron chi connectivity index (χ4n) is 1.97. The number of carbonyl (C=O) groups excluding carboxylic acids is 1. The summed E-state index contributed by atoms with van der Waals surface area (Å²) in [7, 11) is 1.62. The zero-order valence-electron chi connectivity index (χ0n) is 12.1. The van der Waals surface area contributed by atoms with Crippen LogP contribution in [0.2, 0.25) is 0 Å². The lowest BCUT2D eigenvalue weighted by atomic mass is 9.93. The molecule has 0 aliphatic carbocycles. The van der Waals surface area contributed by atoms with E-state index in [0.717, 1.165) is 5.56 Å². The SMILES string of the molecule is COCC(C)(C)NC(=O)C(C)C(N)c1ccccc1. The summed E-state index contributed by atoms with van der Waals surface area (Å²) in [6.45, 7) is 6.16. The normalized spacial score (nSPS) is 14.8. The van der Waals surface area contributed by atoms with Crippen LogP contribution >= 0.6 is 0 Å². The first-order chi connectivity index (χ1) is 8.87. The van der Waals surface area contributed by atoms with E-state index in [1.165, 1.54) is 0 Å². The van der Waals surface area contributed by atoms with E-state index >= 15 is 0 Å². The van der Waals surface area contributed by atoms with E-state index in [1.807, 2.05) is 51.1 Å². The summed E-state index contributed by atoms with van der Waals surface area (Å²) in [6, 6.07) is 9.36. The molecule has 2 atom stereocenters. The van der Waals surface area contributed by atoms with E-state index < -0.39 is 5.54 Å². The van der Waals surface area contributed by atoms with Gasteiger partial charge in [-0.15, -0.1) is 0 Å². The monoisotopic (exact) mass is 264 g/mol. The molecule has 0 radical (unpaired) electrons. The van der Waals surface area contributed by atoms with Crippen LogP contribution in [0.4, 0.5) is 0 Å². The number of methoxy groups -OCH3 is 1. The molecule has 0 fully saturated rings. The van der Waals surface area contributed by atoms with Crippen molar-refractivity contribution in [3.8, 4) is 0 Å². The average Bonchev–Trinajstić information content (AvgIpc) is 2.37. The molecule has 0 aliphatic heterocycles. The predicted molar refractivity (Wildman–Crippen MR) is 76.6 cm³/mol. The van der Waals surface area contributed by atoms with Crippen LogP contribution in [-0.4, -0.2) is 25.2 Å². The minimum Gasteiger partial charge on any atom is -0.382 e. The Balaban J connectivity index is 2.67. The molecular formula is C15H24N2O2. The molecule has 1 aromatic rings. The summed E-state index contributed by atoms with van der Waals surface area (Å²) >= 11 is 0. The van der Waals surface area contributed by atoms with Crippen molar-refractivity contribution in [3.63, 3.8) is 0 Å². The van der Waals surface area contributed by atoms with E-state index in [0.29, 0.717) is 6.61 Å². The fraction of sp³-hybridized carbons (Fsp3) is 0.533. The van der Waals surface area contributed by atoms with Crippen LogP contribution < -0.4 is 11.1 Å². The van der Waals surface area contributed by atoms with Crippen molar-refractivity contribution in [1.29, 1.82) is 0 Å². The van der Waals surface area contributed by atoms with Gasteiger partial charge >= 0.3 is 0 Å². The second-order valence-corrected chi connectivity index (χ2v) is 5.53. The van der Waals surface area contributed by atoms with Gasteiger partial charge in [0.15, 0.2) is 0 Å². The molecule has 0 aliphatic rings. The highest BCUT2D eigenvalue weighted by atomic mass is 16.5. The van der Waals surface area contributed by atoms with Crippen LogP contribution in [0, 0.1) is 5.92 Å². The Morgan fingerprint density at radius 2 is 1.95 bits per heavy atom. The third-order valence-corrected chi connectivity index (χ3v) is 3.10. The molecule has 4 heteroatoms. The van der Waals surface area contributed by atoms with E-state index in [4.69, 9.17) is 10.5 Å². The highest BCUT2D eigenvalue weighted by Crippen LogP contribution is 2.20. The van der Waals surface area contributed by atoms with E-state index in [1.54, 1.807) is 7.11 Å². The van der Waals surface area contributed by atoms with Crippen molar-refractivity contribution in [1.82, 2.24) is 5.32 Å². The first-order valence-electron chi connectivity index (χ1n) is 6.49. The van der Waals surface area contributed by atoms with Crippen LogP contribution in [-0.2, 0) is 9.53 Å². The van der Waals surface area contributed by atoms with Crippen LogP contribution in [0.5, 0.6) is 0 Å². The number of amides is 1. The van der Waals surface area contributed by atoms with Crippen molar-refractivity contribution in [2.75, 3.05) is 13.7 Å². The van der Waals surface area contributed by atoms with Gasteiger partial charge < -0.3 is 15.8 Å². The molecule has 106 valence electrons. The molecule has 1 amide bonds. The van der Waals surface area contributed by atoms with Gasteiger partial charge in [-0.05, 0) is 19.4 Å². The maximum atomic E-state index is 12.2. The van der Waals surface area contributed by atoms with Gasteiger partial charge in [-0.2, -0.15) is 0 Å². The first-order valence-corrected chi connectivity index (χ1v) is 6.49. The van der Waals surface area contributed by atoms with Crippen molar-refractivity contribution in [3.05, 3.63) is 35.9 Å². The van der Waals surface area contributed by atoms with Gasteiger partial charge in [0, 0.05) is 13.2 Å². The molecule has 0 spiro atoms. The topological polar surface area (TPSA) is 64.3 Å². The molecular weight excluding hydrogens is 240 g/mol. The molecule has 0 bridgehead atoms. The third kappa shape index (κ3) is 4.65. The van der Waals surface area contributed by atoms with Crippen molar-refractivity contribution in [2.45, 2.75) is 32.4 Å². The van der Waals surface area contributed by atoms with Crippen molar-refractivity contribution >= 4 is 5.91 Å². The summed E-state index contributed by atoms with van der Waals surface area (Å²) in [4.78, 5) is 12.2. The molecule has 2 unspecified atom stereocenters. The Kier molecular flexibility index (Phi) is 5.51. The molecule has 0 aromatic heterocycles. The first kappa shape index (κ1) is 15.7. The highest BCUT2D eigenvalue weighted by Gasteiger charge is 2.27. The summed E-state index contributed by atoms with van der Waals surface area (Å²) in [5, 5.41) is 2.96. The van der Waals surface area contributed by atoms with Crippen molar-refractivity contribution < 1.29 is 9.53 Å². The summed E-state index contributed by atoms with van der Waals surface area (Å²) in [5.41, 5.74) is 6.72. The Hall–Kier alpha value is -1.39.